The van der Waals surface area contributed by atoms with Crippen molar-refractivity contribution in [3.8, 4) is 0 Å². The Hall–Kier alpha value is -3.43. The number of aryl methyl sites for hydroxylation is 4. The van der Waals surface area contributed by atoms with Crippen LogP contribution in [0, 0.1) is 27.7 Å². The highest BCUT2D eigenvalue weighted by atomic mass is 16.4. The molecule has 2 N–H and O–H groups in total. The second-order valence-electron chi connectivity index (χ2n) is 6.71. The van der Waals surface area contributed by atoms with Crippen molar-refractivity contribution >= 4 is 17.6 Å². The Morgan fingerprint density at radius 2 is 1.89 bits per heavy atom. The van der Waals surface area contributed by atoms with E-state index in [9.17, 15) is 9.59 Å². The van der Waals surface area contributed by atoms with E-state index in [0.29, 0.717) is 12.4 Å². The molecule has 3 aromatic heterocycles. The molecule has 0 aliphatic heterocycles. The first-order valence-corrected chi connectivity index (χ1v) is 8.85. The molecule has 0 aliphatic rings. The zero-order valence-corrected chi connectivity index (χ0v) is 16.3. The van der Waals surface area contributed by atoms with Gasteiger partial charge >= 0.3 is 5.97 Å². The SMILES string of the molecule is Cc1cc(C)n(Cn2nc(C)c(NC(=O)CCn3cc(C(=O)O)cn3)c2C)n1. The van der Waals surface area contributed by atoms with Crippen molar-refractivity contribution in [3.63, 3.8) is 0 Å². The van der Waals surface area contributed by atoms with Crippen LogP contribution in [0.25, 0.3) is 0 Å². The number of aromatic nitrogens is 6. The molecule has 0 spiro atoms. The molecule has 3 heterocycles. The van der Waals surface area contributed by atoms with Gasteiger partial charge in [-0.25, -0.2) is 14.2 Å². The van der Waals surface area contributed by atoms with Crippen molar-refractivity contribution < 1.29 is 14.7 Å². The van der Waals surface area contributed by atoms with Crippen LogP contribution in [0.1, 0.15) is 39.6 Å². The van der Waals surface area contributed by atoms with Crippen LogP contribution < -0.4 is 5.32 Å². The molecule has 0 aliphatic carbocycles. The van der Waals surface area contributed by atoms with Gasteiger partial charge in [0, 0.05) is 24.9 Å². The molecule has 28 heavy (non-hydrogen) atoms. The quantitative estimate of drug-likeness (QED) is 0.639. The average Bonchev–Trinajstić information content (AvgIpc) is 3.29. The van der Waals surface area contributed by atoms with Gasteiger partial charge < -0.3 is 10.4 Å². The van der Waals surface area contributed by atoms with Crippen molar-refractivity contribution in [2.45, 2.75) is 47.3 Å². The molecule has 10 nitrogen and oxygen atoms in total. The number of nitrogens with one attached hydrogen (secondary N) is 1. The van der Waals surface area contributed by atoms with Gasteiger partial charge in [0.25, 0.3) is 0 Å². The standard InChI is InChI=1S/C18H23N7O3/c1-11-7-12(2)24(21-11)10-25-14(4)17(13(3)22-25)20-16(26)5-6-23-9-15(8-19-23)18(27)28/h7-9H,5-6,10H2,1-4H3,(H,20,26)(H,27,28). The third-order valence-corrected chi connectivity index (χ3v) is 4.47. The number of hydrogen-bond acceptors (Lipinski definition) is 5. The molecule has 0 radical (unpaired) electrons. The molecule has 0 atom stereocenters. The summed E-state index contributed by atoms with van der Waals surface area (Å²) in [5.41, 5.74) is 4.31. The second kappa shape index (κ2) is 7.67. The molecule has 10 heteroatoms. The van der Waals surface area contributed by atoms with Gasteiger partial charge in [-0.1, -0.05) is 0 Å². The van der Waals surface area contributed by atoms with E-state index in [1.807, 2.05) is 38.4 Å². The summed E-state index contributed by atoms with van der Waals surface area (Å²) in [5, 5.41) is 24.7. The van der Waals surface area contributed by atoms with E-state index in [4.69, 9.17) is 5.11 Å². The molecule has 3 aromatic rings. The van der Waals surface area contributed by atoms with E-state index in [-0.39, 0.29) is 24.4 Å². The smallest absolute Gasteiger partial charge is 0.338 e. The fourth-order valence-electron chi connectivity index (χ4n) is 2.97. The fraction of sp³-hybridized carbons (Fsp3) is 0.389. The summed E-state index contributed by atoms with van der Waals surface area (Å²) < 4.78 is 5.10. The summed E-state index contributed by atoms with van der Waals surface area (Å²) in [6, 6.07) is 2.00. The number of carboxylic acids is 1. The van der Waals surface area contributed by atoms with Gasteiger partial charge in [-0.3, -0.25) is 9.48 Å². The lowest BCUT2D eigenvalue weighted by molar-refractivity contribution is -0.116. The maximum atomic E-state index is 12.3. The van der Waals surface area contributed by atoms with Crippen LogP contribution in [-0.4, -0.2) is 46.3 Å². The maximum Gasteiger partial charge on any atom is 0.338 e. The zero-order valence-electron chi connectivity index (χ0n) is 16.3. The summed E-state index contributed by atoms with van der Waals surface area (Å²) in [5.74, 6) is -1.23. The number of nitrogens with zero attached hydrogens (tertiary/aromatic N) is 6. The van der Waals surface area contributed by atoms with Gasteiger partial charge in [0.05, 0.1) is 34.5 Å². The van der Waals surface area contributed by atoms with Crippen LogP contribution in [0.3, 0.4) is 0 Å². The maximum absolute atomic E-state index is 12.3. The van der Waals surface area contributed by atoms with Crippen molar-refractivity contribution in [3.05, 3.63) is 46.8 Å². The monoisotopic (exact) mass is 385 g/mol. The van der Waals surface area contributed by atoms with Crippen LogP contribution in [0.5, 0.6) is 0 Å². The zero-order chi connectivity index (χ0) is 20.4. The molecule has 0 saturated carbocycles. The Morgan fingerprint density at radius 3 is 2.50 bits per heavy atom. The lowest BCUT2D eigenvalue weighted by Crippen LogP contribution is -2.16. The summed E-state index contributed by atoms with van der Waals surface area (Å²) in [6.45, 7) is 8.42. The molecule has 1 amide bonds. The van der Waals surface area contributed by atoms with E-state index in [0.717, 1.165) is 22.8 Å². The predicted molar refractivity (Wildman–Crippen MR) is 101 cm³/mol. The molecule has 148 valence electrons. The van der Waals surface area contributed by atoms with Gasteiger partial charge in [0.15, 0.2) is 0 Å². The molecule has 0 saturated heterocycles. The van der Waals surface area contributed by atoms with E-state index >= 15 is 0 Å². The number of carbonyl (C=O) groups is 2. The third kappa shape index (κ3) is 4.11. The van der Waals surface area contributed by atoms with Crippen molar-refractivity contribution in [1.82, 2.24) is 29.3 Å². The van der Waals surface area contributed by atoms with Crippen molar-refractivity contribution in [2.24, 2.45) is 0 Å². The minimum absolute atomic E-state index is 0.0949. The minimum atomic E-state index is -1.04. The Kier molecular flexibility index (Phi) is 5.30. The van der Waals surface area contributed by atoms with Gasteiger partial charge in [-0.2, -0.15) is 15.3 Å². The highest BCUT2D eigenvalue weighted by molar-refractivity contribution is 5.91. The summed E-state index contributed by atoms with van der Waals surface area (Å²) >= 11 is 0. The largest absolute Gasteiger partial charge is 0.478 e. The Balaban J connectivity index is 1.64. The van der Waals surface area contributed by atoms with Crippen LogP contribution in [0.15, 0.2) is 18.5 Å². The molecule has 0 fully saturated rings. The summed E-state index contributed by atoms with van der Waals surface area (Å²) in [6.07, 6.45) is 2.83. The number of aromatic carboxylic acids is 1. The fourth-order valence-corrected chi connectivity index (χ4v) is 2.97. The number of amides is 1. The van der Waals surface area contributed by atoms with Gasteiger partial charge in [0.1, 0.15) is 6.67 Å². The van der Waals surface area contributed by atoms with Crippen molar-refractivity contribution in [2.75, 3.05) is 5.32 Å². The first-order chi connectivity index (χ1) is 13.2. The Morgan fingerprint density at radius 1 is 1.14 bits per heavy atom. The minimum Gasteiger partial charge on any atom is -0.478 e. The van der Waals surface area contributed by atoms with Crippen LogP contribution in [-0.2, 0) is 18.0 Å². The molecular formula is C18H23N7O3. The lowest BCUT2D eigenvalue weighted by Gasteiger charge is -2.08. The topological polar surface area (TPSA) is 120 Å². The number of rotatable bonds is 7. The first-order valence-electron chi connectivity index (χ1n) is 8.85. The average molecular weight is 385 g/mol. The highest BCUT2D eigenvalue weighted by Crippen LogP contribution is 2.20. The second-order valence-corrected chi connectivity index (χ2v) is 6.71. The van der Waals surface area contributed by atoms with E-state index in [1.54, 1.807) is 4.68 Å². The predicted octanol–water partition coefficient (Wildman–Crippen LogP) is 1.74. The highest BCUT2D eigenvalue weighted by Gasteiger charge is 2.15. The third-order valence-electron chi connectivity index (χ3n) is 4.47. The van der Waals surface area contributed by atoms with E-state index in [2.05, 4.69) is 20.6 Å². The van der Waals surface area contributed by atoms with Gasteiger partial charge in [-0.05, 0) is 33.8 Å². The Labute approximate surface area is 161 Å². The van der Waals surface area contributed by atoms with Crippen LogP contribution >= 0.6 is 0 Å². The number of carboxylic acid groups (broad SMARTS) is 1. The molecule has 3 rings (SSSR count). The number of carbonyl (C=O) groups excluding carboxylic acids is 1. The molecule has 0 unspecified atom stereocenters. The Bertz CT molecular complexity index is 1030. The van der Waals surface area contributed by atoms with Crippen molar-refractivity contribution in [1.29, 1.82) is 0 Å². The van der Waals surface area contributed by atoms with Crippen LogP contribution in [0.2, 0.25) is 0 Å². The molecule has 0 aromatic carbocycles. The molecular weight excluding hydrogens is 362 g/mol. The van der Waals surface area contributed by atoms with Crippen LogP contribution in [0.4, 0.5) is 5.69 Å². The summed E-state index contributed by atoms with van der Waals surface area (Å²) in [4.78, 5) is 23.2. The normalized spacial score (nSPS) is 11.0. The van der Waals surface area contributed by atoms with E-state index in [1.165, 1.54) is 17.1 Å². The number of hydrogen-bond donors (Lipinski definition) is 2. The lowest BCUT2D eigenvalue weighted by atomic mass is 10.3. The molecule has 0 bridgehead atoms. The number of anilines is 1. The first kappa shape index (κ1) is 19.3. The summed E-state index contributed by atoms with van der Waals surface area (Å²) in [7, 11) is 0. The van der Waals surface area contributed by atoms with Gasteiger partial charge in [-0.15, -0.1) is 0 Å². The van der Waals surface area contributed by atoms with E-state index < -0.39 is 5.97 Å². The van der Waals surface area contributed by atoms with Gasteiger partial charge in [0.2, 0.25) is 5.91 Å².